The Kier molecular flexibility index (Phi) is 9.75. The van der Waals surface area contributed by atoms with E-state index < -0.39 is 24.3 Å². The van der Waals surface area contributed by atoms with Crippen LogP contribution in [-0.4, -0.2) is 34.2 Å². The van der Waals surface area contributed by atoms with Crippen molar-refractivity contribution in [2.24, 2.45) is 5.92 Å². The fourth-order valence-corrected chi connectivity index (χ4v) is 4.65. The standard InChI is InChI=1S/C32H37N3O4/c1-22(2)19-29(35-32(38)39-21-24-11-7-4-8-12-24)31(37)34-27(16-13-23-9-5-3-6-10-23)30(36)26-15-14-25-17-18-33-28(25)20-26/h3-12,14-15,17-18,20,22,27,29-30,33,36H,13,16,19,21H2,1-2H3,(H,34,37)(H,35,38). The number of nitrogens with one attached hydrogen (secondary N) is 3. The van der Waals surface area contributed by atoms with Crippen molar-refractivity contribution in [3.63, 3.8) is 0 Å². The van der Waals surface area contributed by atoms with Gasteiger partial charge in [-0.25, -0.2) is 4.79 Å². The molecule has 0 aliphatic rings. The Hall–Kier alpha value is -4.10. The number of hydrogen-bond donors (Lipinski definition) is 4. The molecule has 0 saturated heterocycles. The molecule has 1 aromatic heterocycles. The molecule has 4 N–H and O–H groups in total. The number of amides is 2. The molecule has 0 fully saturated rings. The third-order valence-corrected chi connectivity index (χ3v) is 6.74. The molecule has 0 bridgehead atoms. The predicted octanol–water partition coefficient (Wildman–Crippen LogP) is 5.66. The summed E-state index contributed by atoms with van der Waals surface area (Å²) in [6.45, 7) is 4.09. The fraction of sp³-hybridized carbons (Fsp3) is 0.312. The topological polar surface area (TPSA) is 103 Å². The zero-order chi connectivity index (χ0) is 27.6. The Labute approximate surface area is 229 Å². The van der Waals surface area contributed by atoms with E-state index in [-0.39, 0.29) is 18.4 Å². The number of aliphatic hydroxyl groups is 1. The first kappa shape index (κ1) is 27.9. The number of hydrogen-bond acceptors (Lipinski definition) is 4. The van der Waals surface area contributed by atoms with Crippen molar-refractivity contribution in [3.8, 4) is 0 Å². The molecule has 7 heteroatoms. The Bertz CT molecular complexity index is 1340. The summed E-state index contributed by atoms with van der Waals surface area (Å²) in [5.74, 6) is -0.198. The molecule has 4 aromatic rings. The number of aromatic nitrogens is 1. The van der Waals surface area contributed by atoms with E-state index in [2.05, 4.69) is 15.6 Å². The molecule has 0 radical (unpaired) electrons. The summed E-state index contributed by atoms with van der Waals surface area (Å²) in [6.07, 6.45) is 1.89. The van der Waals surface area contributed by atoms with Crippen LogP contribution in [0, 0.1) is 5.92 Å². The zero-order valence-electron chi connectivity index (χ0n) is 22.5. The third kappa shape index (κ3) is 8.19. The SMILES string of the molecule is CC(C)CC(NC(=O)OCc1ccccc1)C(=O)NC(CCc1ccccc1)C(O)c1ccc2cc[nH]c2c1. The number of alkyl carbamates (subject to hydrolysis) is 1. The van der Waals surface area contributed by atoms with Gasteiger partial charge in [0.15, 0.2) is 0 Å². The molecule has 3 unspecified atom stereocenters. The Morgan fingerprint density at radius 3 is 2.28 bits per heavy atom. The van der Waals surface area contributed by atoms with Gasteiger partial charge in [-0.2, -0.15) is 0 Å². The van der Waals surface area contributed by atoms with E-state index in [1.807, 2.05) is 105 Å². The van der Waals surface area contributed by atoms with Crippen molar-refractivity contribution in [2.75, 3.05) is 0 Å². The maximum atomic E-state index is 13.5. The number of aryl methyl sites for hydroxylation is 1. The molecule has 1 heterocycles. The highest BCUT2D eigenvalue weighted by Gasteiger charge is 2.29. The van der Waals surface area contributed by atoms with Crippen LogP contribution in [0.5, 0.6) is 0 Å². The molecule has 7 nitrogen and oxygen atoms in total. The van der Waals surface area contributed by atoms with Gasteiger partial charge >= 0.3 is 6.09 Å². The highest BCUT2D eigenvalue weighted by molar-refractivity contribution is 5.86. The molecule has 3 aromatic carbocycles. The van der Waals surface area contributed by atoms with Crippen molar-refractivity contribution < 1.29 is 19.4 Å². The highest BCUT2D eigenvalue weighted by atomic mass is 16.5. The smallest absolute Gasteiger partial charge is 0.408 e. The lowest BCUT2D eigenvalue weighted by molar-refractivity contribution is -0.125. The molecule has 39 heavy (non-hydrogen) atoms. The van der Waals surface area contributed by atoms with Crippen LogP contribution < -0.4 is 10.6 Å². The van der Waals surface area contributed by atoms with Gasteiger partial charge in [-0.3, -0.25) is 4.79 Å². The summed E-state index contributed by atoms with van der Waals surface area (Å²) in [5, 5.41) is 18.2. The number of H-pyrrole nitrogens is 1. The first-order valence-corrected chi connectivity index (χ1v) is 13.5. The molecule has 0 aliphatic heterocycles. The Morgan fingerprint density at radius 1 is 0.897 bits per heavy atom. The van der Waals surface area contributed by atoms with Gasteiger partial charge in [0.2, 0.25) is 5.91 Å². The first-order valence-electron chi connectivity index (χ1n) is 13.5. The minimum atomic E-state index is -0.935. The number of carbonyl (C=O) groups is 2. The van der Waals surface area contributed by atoms with Gasteiger partial charge in [0.05, 0.1) is 12.1 Å². The predicted molar refractivity (Wildman–Crippen MR) is 153 cm³/mol. The normalized spacial score (nSPS) is 13.5. The van der Waals surface area contributed by atoms with Crippen molar-refractivity contribution in [1.29, 1.82) is 0 Å². The molecule has 0 spiro atoms. The summed E-state index contributed by atoms with van der Waals surface area (Å²) in [4.78, 5) is 29.3. The lowest BCUT2D eigenvalue weighted by Crippen LogP contribution is -2.51. The van der Waals surface area contributed by atoms with Crippen LogP contribution in [0.2, 0.25) is 0 Å². The van der Waals surface area contributed by atoms with E-state index in [4.69, 9.17) is 4.74 Å². The van der Waals surface area contributed by atoms with Crippen LogP contribution >= 0.6 is 0 Å². The molecular formula is C32H37N3O4. The molecule has 3 atom stereocenters. The second kappa shape index (κ2) is 13.6. The average Bonchev–Trinajstić information content (AvgIpc) is 3.42. The maximum absolute atomic E-state index is 13.5. The molecule has 2 amide bonds. The van der Waals surface area contributed by atoms with E-state index in [9.17, 15) is 14.7 Å². The van der Waals surface area contributed by atoms with Crippen LogP contribution in [0.15, 0.2) is 91.1 Å². The van der Waals surface area contributed by atoms with E-state index in [1.54, 1.807) is 0 Å². The number of fused-ring (bicyclic) bond motifs is 1. The number of benzene rings is 3. The van der Waals surface area contributed by atoms with Gasteiger partial charge in [-0.05, 0) is 59.4 Å². The van der Waals surface area contributed by atoms with E-state index >= 15 is 0 Å². The van der Waals surface area contributed by atoms with E-state index in [0.717, 1.165) is 22.0 Å². The molecule has 0 aliphatic carbocycles. The van der Waals surface area contributed by atoms with Crippen LogP contribution in [0.4, 0.5) is 4.79 Å². The van der Waals surface area contributed by atoms with E-state index in [0.29, 0.717) is 24.8 Å². The van der Waals surface area contributed by atoms with E-state index in [1.165, 1.54) is 0 Å². The van der Waals surface area contributed by atoms with Crippen molar-refractivity contribution in [3.05, 3.63) is 108 Å². The van der Waals surface area contributed by atoms with Gasteiger partial charge in [-0.15, -0.1) is 0 Å². The monoisotopic (exact) mass is 527 g/mol. The van der Waals surface area contributed by atoms with Gasteiger partial charge in [0.1, 0.15) is 12.6 Å². The van der Waals surface area contributed by atoms with Gasteiger partial charge in [-0.1, -0.05) is 86.6 Å². The van der Waals surface area contributed by atoms with Crippen molar-refractivity contribution >= 4 is 22.9 Å². The minimum Gasteiger partial charge on any atom is -0.445 e. The Balaban J connectivity index is 1.47. The highest BCUT2D eigenvalue weighted by Crippen LogP contribution is 2.24. The van der Waals surface area contributed by atoms with Crippen LogP contribution in [-0.2, 0) is 22.6 Å². The lowest BCUT2D eigenvalue weighted by atomic mass is 9.94. The summed E-state index contributed by atoms with van der Waals surface area (Å²) in [5.41, 5.74) is 3.60. The van der Waals surface area contributed by atoms with Gasteiger partial charge in [0.25, 0.3) is 0 Å². The lowest BCUT2D eigenvalue weighted by Gasteiger charge is -2.28. The maximum Gasteiger partial charge on any atom is 0.408 e. The second-order valence-corrected chi connectivity index (χ2v) is 10.3. The zero-order valence-corrected chi connectivity index (χ0v) is 22.5. The molecule has 204 valence electrons. The second-order valence-electron chi connectivity index (χ2n) is 10.3. The number of ether oxygens (including phenoxy) is 1. The minimum absolute atomic E-state index is 0.113. The molecule has 0 saturated carbocycles. The number of rotatable bonds is 12. The average molecular weight is 528 g/mol. The summed E-state index contributed by atoms with van der Waals surface area (Å²) in [7, 11) is 0. The van der Waals surface area contributed by atoms with Crippen molar-refractivity contribution in [1.82, 2.24) is 15.6 Å². The largest absolute Gasteiger partial charge is 0.445 e. The van der Waals surface area contributed by atoms with Gasteiger partial charge in [0, 0.05) is 11.7 Å². The number of aliphatic hydroxyl groups excluding tert-OH is 1. The number of carbonyl (C=O) groups excluding carboxylic acids is 2. The van der Waals surface area contributed by atoms with Crippen LogP contribution in [0.3, 0.4) is 0 Å². The quantitative estimate of drug-likeness (QED) is 0.191. The number of aromatic amines is 1. The molecule has 4 rings (SSSR count). The first-order chi connectivity index (χ1) is 18.9. The summed E-state index contributed by atoms with van der Waals surface area (Å²) >= 11 is 0. The summed E-state index contributed by atoms with van der Waals surface area (Å²) in [6, 6.07) is 25.7. The van der Waals surface area contributed by atoms with Crippen LogP contribution in [0.25, 0.3) is 10.9 Å². The van der Waals surface area contributed by atoms with Crippen molar-refractivity contribution in [2.45, 2.75) is 57.9 Å². The fourth-order valence-electron chi connectivity index (χ4n) is 4.65. The van der Waals surface area contributed by atoms with Gasteiger partial charge < -0.3 is 25.5 Å². The Morgan fingerprint density at radius 2 is 1.59 bits per heavy atom. The van der Waals surface area contributed by atoms with Crippen LogP contribution in [0.1, 0.15) is 49.5 Å². The third-order valence-electron chi connectivity index (χ3n) is 6.74. The molecular weight excluding hydrogens is 490 g/mol. The summed E-state index contributed by atoms with van der Waals surface area (Å²) < 4.78 is 5.37.